The van der Waals surface area contributed by atoms with Gasteiger partial charge in [-0.2, -0.15) is 12.6 Å². The summed E-state index contributed by atoms with van der Waals surface area (Å²) in [6.45, 7) is -1.13. The number of imidazole rings is 1. The molecule has 0 bridgehead atoms. The summed E-state index contributed by atoms with van der Waals surface area (Å²) in [7, 11) is 0. The van der Waals surface area contributed by atoms with Gasteiger partial charge in [0.25, 0.3) is 0 Å². The molecule has 0 aliphatic heterocycles. The summed E-state index contributed by atoms with van der Waals surface area (Å²) < 4.78 is 0. The van der Waals surface area contributed by atoms with Crippen LogP contribution in [-0.4, -0.2) is 80.9 Å². The largest absolute Gasteiger partial charge is 0.480 e. The summed E-state index contributed by atoms with van der Waals surface area (Å²) in [5, 5.41) is 25.1. The van der Waals surface area contributed by atoms with Crippen molar-refractivity contribution in [2.75, 3.05) is 18.9 Å². The first-order chi connectivity index (χ1) is 12.8. The standard InChI is InChI=1S/C14H22N6O6S/c15-2-11(22)18-8(1-7-3-16-6-17-7)12(23)19-9(4-21)13(24)20-10(5-27)14(25)26/h3,6,8-10,21,27H,1-2,4-5,15H2,(H,16,17)(H,18,22)(H,19,23)(H,20,24)(H,25,26). The fourth-order valence-corrected chi connectivity index (χ4v) is 2.25. The van der Waals surface area contributed by atoms with Crippen LogP contribution in [0.15, 0.2) is 12.5 Å². The zero-order chi connectivity index (χ0) is 20.4. The Balaban J connectivity index is 2.81. The van der Waals surface area contributed by atoms with Crippen LogP contribution in [0.2, 0.25) is 0 Å². The van der Waals surface area contributed by atoms with Gasteiger partial charge in [0.2, 0.25) is 17.7 Å². The number of carboxylic acid groups (broad SMARTS) is 1. The van der Waals surface area contributed by atoms with Gasteiger partial charge in [0.1, 0.15) is 18.1 Å². The summed E-state index contributed by atoms with van der Waals surface area (Å²) in [5.74, 6) is -3.76. The van der Waals surface area contributed by atoms with Gasteiger partial charge in [0, 0.05) is 24.1 Å². The van der Waals surface area contributed by atoms with E-state index in [1.807, 2.05) is 0 Å². The van der Waals surface area contributed by atoms with Crippen molar-refractivity contribution in [3.63, 3.8) is 0 Å². The third-order valence-corrected chi connectivity index (χ3v) is 3.79. The SMILES string of the molecule is NCC(=O)NC(Cc1cnc[nH]1)C(=O)NC(CO)C(=O)NC(CS)C(=O)O. The molecule has 0 fully saturated rings. The lowest BCUT2D eigenvalue weighted by Crippen LogP contribution is -2.58. The molecule has 1 aromatic rings. The molecule has 0 saturated carbocycles. The lowest BCUT2D eigenvalue weighted by molar-refractivity contribution is -0.141. The van der Waals surface area contributed by atoms with Crippen LogP contribution in [0.1, 0.15) is 5.69 Å². The topological polar surface area (TPSA) is 200 Å². The molecule has 12 nitrogen and oxygen atoms in total. The van der Waals surface area contributed by atoms with Crippen molar-refractivity contribution < 1.29 is 29.4 Å². The Bertz CT molecular complexity index is 655. The van der Waals surface area contributed by atoms with Gasteiger partial charge < -0.3 is 36.9 Å². The Labute approximate surface area is 159 Å². The zero-order valence-electron chi connectivity index (χ0n) is 14.2. The summed E-state index contributed by atoms with van der Waals surface area (Å²) in [6.07, 6.45) is 2.88. The van der Waals surface area contributed by atoms with Crippen LogP contribution >= 0.6 is 12.6 Å². The number of aromatic nitrogens is 2. The molecule has 0 radical (unpaired) electrons. The van der Waals surface area contributed by atoms with E-state index in [4.69, 9.17) is 10.8 Å². The number of aliphatic hydroxyl groups excluding tert-OH is 1. The molecule has 0 spiro atoms. The number of aromatic amines is 1. The molecule has 1 aromatic heterocycles. The normalized spacial score (nSPS) is 13.9. The van der Waals surface area contributed by atoms with Crippen molar-refractivity contribution in [1.29, 1.82) is 0 Å². The molecule has 3 atom stereocenters. The summed E-state index contributed by atoms with van der Waals surface area (Å²) in [6, 6.07) is -3.80. The number of rotatable bonds is 11. The Morgan fingerprint density at radius 2 is 1.78 bits per heavy atom. The second-order valence-electron chi connectivity index (χ2n) is 5.43. The molecule has 1 heterocycles. The van der Waals surface area contributed by atoms with Crippen LogP contribution in [0.5, 0.6) is 0 Å². The first-order valence-corrected chi connectivity index (χ1v) is 8.47. The van der Waals surface area contributed by atoms with E-state index in [2.05, 4.69) is 38.5 Å². The van der Waals surface area contributed by atoms with Crippen molar-refractivity contribution in [2.24, 2.45) is 5.73 Å². The molecule has 0 saturated heterocycles. The number of carbonyl (C=O) groups is 4. The quantitative estimate of drug-likeness (QED) is 0.173. The van der Waals surface area contributed by atoms with Crippen molar-refractivity contribution in [3.05, 3.63) is 18.2 Å². The van der Waals surface area contributed by atoms with Crippen molar-refractivity contribution in [3.8, 4) is 0 Å². The number of carboxylic acids is 1. The van der Waals surface area contributed by atoms with Gasteiger partial charge in [-0.15, -0.1) is 0 Å². The Morgan fingerprint density at radius 3 is 2.26 bits per heavy atom. The van der Waals surface area contributed by atoms with E-state index in [0.717, 1.165) is 0 Å². The summed E-state index contributed by atoms with van der Waals surface area (Å²) >= 11 is 3.81. The number of nitrogens with two attached hydrogens (primary N) is 1. The average Bonchev–Trinajstić information content (AvgIpc) is 3.15. The van der Waals surface area contributed by atoms with Crippen LogP contribution in [0.4, 0.5) is 0 Å². The highest BCUT2D eigenvalue weighted by atomic mass is 32.1. The molecule has 8 N–H and O–H groups in total. The number of hydrogen-bond donors (Lipinski definition) is 8. The van der Waals surface area contributed by atoms with E-state index in [1.54, 1.807) is 0 Å². The first kappa shape index (κ1) is 22.4. The van der Waals surface area contributed by atoms with Gasteiger partial charge in [0.05, 0.1) is 19.5 Å². The highest BCUT2D eigenvalue weighted by molar-refractivity contribution is 7.80. The highest BCUT2D eigenvalue weighted by Crippen LogP contribution is 2.00. The van der Waals surface area contributed by atoms with E-state index >= 15 is 0 Å². The second-order valence-corrected chi connectivity index (χ2v) is 5.80. The Morgan fingerprint density at radius 1 is 1.15 bits per heavy atom. The number of aliphatic hydroxyl groups is 1. The molecule has 0 aliphatic carbocycles. The minimum absolute atomic E-state index is 0.0335. The molecule has 0 aromatic carbocycles. The predicted molar refractivity (Wildman–Crippen MR) is 95.7 cm³/mol. The monoisotopic (exact) mass is 402 g/mol. The lowest BCUT2D eigenvalue weighted by atomic mass is 10.1. The van der Waals surface area contributed by atoms with Gasteiger partial charge in [-0.05, 0) is 0 Å². The molecular weight excluding hydrogens is 380 g/mol. The van der Waals surface area contributed by atoms with Gasteiger partial charge in [-0.3, -0.25) is 14.4 Å². The maximum absolute atomic E-state index is 12.5. The number of H-pyrrole nitrogens is 1. The number of nitrogens with zero attached hydrogens (tertiary/aromatic N) is 1. The molecular formula is C14H22N6O6S. The molecule has 150 valence electrons. The summed E-state index contributed by atoms with van der Waals surface area (Å²) in [5.41, 5.74) is 5.78. The molecule has 3 amide bonds. The zero-order valence-corrected chi connectivity index (χ0v) is 15.1. The van der Waals surface area contributed by atoms with Crippen LogP contribution < -0.4 is 21.7 Å². The second kappa shape index (κ2) is 11.2. The molecule has 0 aliphatic rings. The predicted octanol–water partition coefficient (Wildman–Crippen LogP) is -3.63. The molecule has 3 unspecified atom stereocenters. The van der Waals surface area contributed by atoms with Gasteiger partial charge in [-0.1, -0.05) is 0 Å². The van der Waals surface area contributed by atoms with E-state index in [0.29, 0.717) is 5.69 Å². The lowest BCUT2D eigenvalue weighted by Gasteiger charge is -2.22. The number of nitrogens with one attached hydrogen (secondary N) is 4. The van der Waals surface area contributed by atoms with Crippen LogP contribution in [-0.2, 0) is 25.6 Å². The maximum Gasteiger partial charge on any atom is 0.327 e. The number of hydrogen-bond acceptors (Lipinski definition) is 8. The number of thiol groups is 1. The van der Waals surface area contributed by atoms with E-state index in [-0.39, 0.29) is 18.7 Å². The van der Waals surface area contributed by atoms with Crippen molar-refractivity contribution >= 4 is 36.3 Å². The molecule has 1 rings (SSSR count). The summed E-state index contributed by atoms with van der Waals surface area (Å²) in [4.78, 5) is 53.7. The average molecular weight is 402 g/mol. The number of carbonyl (C=O) groups excluding carboxylic acids is 3. The van der Waals surface area contributed by atoms with Crippen LogP contribution in [0, 0.1) is 0 Å². The maximum atomic E-state index is 12.5. The molecule has 27 heavy (non-hydrogen) atoms. The van der Waals surface area contributed by atoms with Gasteiger partial charge >= 0.3 is 5.97 Å². The van der Waals surface area contributed by atoms with Crippen molar-refractivity contribution in [2.45, 2.75) is 24.5 Å². The van der Waals surface area contributed by atoms with E-state index in [1.165, 1.54) is 12.5 Å². The van der Waals surface area contributed by atoms with Gasteiger partial charge in [-0.25, -0.2) is 9.78 Å². The number of aliphatic carboxylic acids is 1. The van der Waals surface area contributed by atoms with E-state index in [9.17, 15) is 24.3 Å². The van der Waals surface area contributed by atoms with Gasteiger partial charge in [0.15, 0.2) is 0 Å². The van der Waals surface area contributed by atoms with Crippen LogP contribution in [0.3, 0.4) is 0 Å². The fraction of sp³-hybridized carbons (Fsp3) is 0.500. The Hall–Kier alpha value is -2.64. The first-order valence-electron chi connectivity index (χ1n) is 7.84. The van der Waals surface area contributed by atoms with Crippen molar-refractivity contribution in [1.82, 2.24) is 25.9 Å². The number of amides is 3. The van der Waals surface area contributed by atoms with E-state index < -0.39 is 48.4 Å². The minimum Gasteiger partial charge on any atom is -0.480 e. The highest BCUT2D eigenvalue weighted by Gasteiger charge is 2.29. The third kappa shape index (κ3) is 7.24. The van der Waals surface area contributed by atoms with Crippen LogP contribution in [0.25, 0.3) is 0 Å². The fourth-order valence-electron chi connectivity index (χ4n) is 2.00. The smallest absolute Gasteiger partial charge is 0.327 e. The molecule has 13 heteroatoms. The Kier molecular flexibility index (Phi) is 9.25. The minimum atomic E-state index is -1.42. The third-order valence-electron chi connectivity index (χ3n) is 3.43.